The zero-order valence-corrected chi connectivity index (χ0v) is 12.2. The molecule has 1 fully saturated rings. The zero-order valence-electron chi connectivity index (χ0n) is 11.4. The van der Waals surface area contributed by atoms with Crippen molar-refractivity contribution in [2.45, 2.75) is 31.0 Å². The Kier molecular flexibility index (Phi) is 3.67. The molecule has 0 amide bonds. The number of aryl methyl sites for hydroxylation is 1. The van der Waals surface area contributed by atoms with Gasteiger partial charge in [-0.25, -0.2) is 4.39 Å². The summed E-state index contributed by atoms with van der Waals surface area (Å²) in [5.41, 5.74) is 0.967. The molecule has 0 bridgehead atoms. The van der Waals surface area contributed by atoms with Crippen molar-refractivity contribution in [3.8, 4) is 11.4 Å². The molecule has 110 valence electrons. The average Bonchev–Trinajstić information content (AvgIpc) is 3.20. The van der Waals surface area contributed by atoms with Gasteiger partial charge in [0.05, 0.1) is 11.3 Å². The average molecular weight is 307 g/mol. The normalized spacial score (nSPS) is 14.4. The molecule has 0 radical (unpaired) electrons. The molecule has 3 rings (SSSR count). The number of hydrogen-bond acceptors (Lipinski definition) is 4. The highest BCUT2D eigenvalue weighted by molar-refractivity contribution is 7.99. The van der Waals surface area contributed by atoms with Crippen LogP contribution < -0.4 is 0 Å². The second kappa shape index (κ2) is 5.48. The van der Waals surface area contributed by atoms with E-state index in [4.69, 9.17) is 5.11 Å². The van der Waals surface area contributed by atoms with Crippen LogP contribution in [0.3, 0.4) is 0 Å². The number of carboxylic acid groups (broad SMARTS) is 1. The van der Waals surface area contributed by atoms with E-state index >= 15 is 0 Å². The Bertz CT molecular complexity index is 698. The lowest BCUT2D eigenvalue weighted by Crippen LogP contribution is -2.04. The smallest absolute Gasteiger partial charge is 0.313 e. The molecule has 7 heteroatoms. The summed E-state index contributed by atoms with van der Waals surface area (Å²) in [6.07, 6.45) is 1.97. The minimum absolute atomic E-state index is 0.0822. The molecule has 1 heterocycles. The van der Waals surface area contributed by atoms with Crippen LogP contribution in [0, 0.1) is 12.7 Å². The number of carboxylic acids is 1. The van der Waals surface area contributed by atoms with Crippen molar-refractivity contribution in [3.63, 3.8) is 0 Å². The number of rotatable bonds is 5. The first-order valence-corrected chi connectivity index (χ1v) is 7.61. The predicted octanol–water partition coefficient (Wildman–Crippen LogP) is 2.90. The molecule has 1 aromatic carbocycles. The van der Waals surface area contributed by atoms with Crippen LogP contribution >= 0.6 is 11.8 Å². The standard InChI is InChI=1S/C14H14FN3O2S/c1-8-3-2-4-10(12(8)15)13-16-17-14(21-7-11(19)20)18(13)9-5-6-9/h2-4,9H,5-7H2,1H3,(H,19,20). The van der Waals surface area contributed by atoms with Gasteiger partial charge in [-0.3, -0.25) is 9.36 Å². The highest BCUT2D eigenvalue weighted by atomic mass is 32.2. The monoisotopic (exact) mass is 307 g/mol. The van der Waals surface area contributed by atoms with E-state index in [-0.39, 0.29) is 17.6 Å². The van der Waals surface area contributed by atoms with Crippen molar-refractivity contribution in [1.29, 1.82) is 0 Å². The third-order valence-corrected chi connectivity index (χ3v) is 4.26. The van der Waals surface area contributed by atoms with Crippen molar-refractivity contribution in [3.05, 3.63) is 29.6 Å². The van der Waals surface area contributed by atoms with Crippen molar-refractivity contribution in [2.75, 3.05) is 5.75 Å². The Morgan fingerprint density at radius 2 is 2.24 bits per heavy atom. The summed E-state index contributed by atoms with van der Waals surface area (Å²) in [6.45, 7) is 1.71. The van der Waals surface area contributed by atoms with E-state index in [0.717, 1.165) is 24.6 Å². The summed E-state index contributed by atoms with van der Waals surface area (Å²) < 4.78 is 16.2. The maximum atomic E-state index is 14.3. The van der Waals surface area contributed by atoms with Crippen molar-refractivity contribution >= 4 is 17.7 Å². The van der Waals surface area contributed by atoms with Crippen LogP contribution in [0.5, 0.6) is 0 Å². The Balaban J connectivity index is 2.02. The van der Waals surface area contributed by atoms with Crippen LogP contribution in [0.25, 0.3) is 11.4 Å². The number of carbonyl (C=O) groups is 1. The Morgan fingerprint density at radius 1 is 1.48 bits per heavy atom. The van der Waals surface area contributed by atoms with Gasteiger partial charge in [0.15, 0.2) is 11.0 Å². The van der Waals surface area contributed by atoms with E-state index in [1.165, 1.54) is 0 Å². The molecule has 1 aliphatic carbocycles. The maximum Gasteiger partial charge on any atom is 0.313 e. The van der Waals surface area contributed by atoms with Gasteiger partial charge in [-0.05, 0) is 31.4 Å². The maximum absolute atomic E-state index is 14.3. The van der Waals surface area contributed by atoms with E-state index in [1.54, 1.807) is 25.1 Å². The molecule has 0 unspecified atom stereocenters. The molecule has 2 aromatic rings. The van der Waals surface area contributed by atoms with Crippen LogP contribution in [0.1, 0.15) is 24.4 Å². The highest BCUT2D eigenvalue weighted by Crippen LogP contribution is 2.41. The molecular weight excluding hydrogens is 293 g/mol. The Morgan fingerprint density at radius 3 is 2.90 bits per heavy atom. The van der Waals surface area contributed by atoms with Gasteiger partial charge < -0.3 is 5.11 Å². The summed E-state index contributed by atoms with van der Waals surface area (Å²) in [4.78, 5) is 10.7. The molecule has 0 spiro atoms. The predicted molar refractivity (Wildman–Crippen MR) is 76.8 cm³/mol. The topological polar surface area (TPSA) is 68.0 Å². The van der Waals surface area contributed by atoms with Gasteiger partial charge in [-0.2, -0.15) is 0 Å². The molecular formula is C14H14FN3O2S. The lowest BCUT2D eigenvalue weighted by molar-refractivity contribution is -0.133. The van der Waals surface area contributed by atoms with Crippen LogP contribution in [-0.4, -0.2) is 31.6 Å². The van der Waals surface area contributed by atoms with Gasteiger partial charge in [-0.1, -0.05) is 23.9 Å². The number of hydrogen-bond donors (Lipinski definition) is 1. The van der Waals surface area contributed by atoms with Crippen molar-refractivity contribution < 1.29 is 14.3 Å². The summed E-state index contributed by atoms with van der Waals surface area (Å²) in [7, 11) is 0. The molecule has 1 aromatic heterocycles. The number of halogens is 1. The van der Waals surface area contributed by atoms with E-state index < -0.39 is 5.97 Å². The van der Waals surface area contributed by atoms with E-state index in [0.29, 0.717) is 22.1 Å². The quantitative estimate of drug-likeness (QED) is 0.860. The summed E-state index contributed by atoms with van der Waals surface area (Å²) in [5, 5.41) is 17.5. The minimum atomic E-state index is -0.909. The summed E-state index contributed by atoms with van der Waals surface area (Å²) in [6, 6.07) is 5.41. The summed E-state index contributed by atoms with van der Waals surface area (Å²) in [5.74, 6) is -0.817. The van der Waals surface area contributed by atoms with Crippen molar-refractivity contribution in [1.82, 2.24) is 14.8 Å². The number of benzene rings is 1. The van der Waals surface area contributed by atoms with Gasteiger partial charge in [0, 0.05) is 6.04 Å². The van der Waals surface area contributed by atoms with E-state index in [2.05, 4.69) is 10.2 Å². The summed E-state index contributed by atoms with van der Waals surface area (Å²) >= 11 is 1.12. The molecule has 5 nitrogen and oxygen atoms in total. The largest absolute Gasteiger partial charge is 0.481 e. The fraction of sp³-hybridized carbons (Fsp3) is 0.357. The zero-order chi connectivity index (χ0) is 15.0. The number of aromatic nitrogens is 3. The number of aliphatic carboxylic acids is 1. The van der Waals surface area contributed by atoms with Crippen molar-refractivity contribution in [2.24, 2.45) is 0 Å². The fourth-order valence-electron chi connectivity index (χ4n) is 2.17. The van der Waals surface area contributed by atoms with Gasteiger partial charge in [0.2, 0.25) is 0 Å². The Labute approximate surface area is 125 Å². The van der Waals surface area contributed by atoms with E-state index in [9.17, 15) is 9.18 Å². The fourth-order valence-corrected chi connectivity index (χ4v) is 2.89. The first-order valence-electron chi connectivity index (χ1n) is 6.63. The molecule has 0 aliphatic heterocycles. The van der Waals surface area contributed by atoms with Gasteiger partial charge >= 0.3 is 5.97 Å². The third-order valence-electron chi connectivity index (χ3n) is 3.33. The molecule has 0 atom stereocenters. The highest BCUT2D eigenvalue weighted by Gasteiger charge is 2.31. The third kappa shape index (κ3) is 2.78. The molecule has 1 saturated carbocycles. The van der Waals surface area contributed by atoms with Gasteiger partial charge in [0.1, 0.15) is 5.82 Å². The molecule has 1 N–H and O–H groups in total. The van der Waals surface area contributed by atoms with Crippen LogP contribution in [-0.2, 0) is 4.79 Å². The van der Waals surface area contributed by atoms with Crippen LogP contribution in [0.2, 0.25) is 0 Å². The van der Waals surface area contributed by atoms with Crippen LogP contribution in [0.4, 0.5) is 4.39 Å². The SMILES string of the molecule is Cc1cccc(-c2nnc(SCC(=O)O)n2C2CC2)c1F. The Hall–Kier alpha value is -1.89. The van der Waals surface area contributed by atoms with E-state index in [1.807, 2.05) is 4.57 Å². The second-order valence-corrected chi connectivity index (χ2v) is 5.97. The van der Waals surface area contributed by atoms with Gasteiger partial charge in [-0.15, -0.1) is 10.2 Å². The number of nitrogens with zero attached hydrogens (tertiary/aromatic N) is 3. The first kappa shape index (κ1) is 14.1. The molecule has 1 aliphatic rings. The lowest BCUT2D eigenvalue weighted by Gasteiger charge is -2.09. The minimum Gasteiger partial charge on any atom is -0.481 e. The van der Waals surface area contributed by atoms with Gasteiger partial charge in [0.25, 0.3) is 0 Å². The lowest BCUT2D eigenvalue weighted by atomic mass is 10.1. The molecule has 21 heavy (non-hydrogen) atoms. The number of thioether (sulfide) groups is 1. The van der Waals surface area contributed by atoms with Crippen LogP contribution in [0.15, 0.2) is 23.4 Å². The second-order valence-electron chi connectivity index (χ2n) is 5.03. The first-order chi connectivity index (χ1) is 10.1. The molecule has 0 saturated heterocycles.